The minimum absolute atomic E-state index is 0.00833. The fourth-order valence-corrected chi connectivity index (χ4v) is 2.94. The summed E-state index contributed by atoms with van der Waals surface area (Å²) < 4.78 is 7.41. The Morgan fingerprint density at radius 3 is 2.62 bits per heavy atom. The molecule has 3 N–H and O–H groups in total. The Balaban J connectivity index is 1.52. The van der Waals surface area contributed by atoms with E-state index in [0.717, 1.165) is 17.3 Å². The van der Waals surface area contributed by atoms with E-state index in [2.05, 4.69) is 16.2 Å². The number of benzene rings is 2. The van der Waals surface area contributed by atoms with Crippen molar-refractivity contribution in [3.63, 3.8) is 0 Å². The summed E-state index contributed by atoms with van der Waals surface area (Å²) in [4.78, 5) is 24.7. The fraction of sp³-hybridized carbons (Fsp3) is 0.190. The van der Waals surface area contributed by atoms with E-state index in [0.29, 0.717) is 17.9 Å². The fourth-order valence-electron chi connectivity index (χ4n) is 2.79. The molecule has 1 aromatic heterocycles. The first-order valence-electron chi connectivity index (χ1n) is 9.24. The number of hydrogen-bond acceptors (Lipinski definition) is 4. The van der Waals surface area contributed by atoms with Crippen LogP contribution in [-0.4, -0.2) is 28.1 Å². The lowest BCUT2D eigenvalue weighted by Crippen LogP contribution is -2.49. The number of amides is 2. The number of carbonyl (C=O) groups excluding carboxylic acids is 2. The Bertz CT molecular complexity index is 1030. The largest absolute Gasteiger partial charge is 0.493 e. The Labute approximate surface area is 174 Å². The first-order chi connectivity index (χ1) is 14.1. The molecule has 0 unspecified atom stereocenters. The molecule has 3 rings (SSSR count). The van der Waals surface area contributed by atoms with Crippen LogP contribution >= 0.6 is 12.2 Å². The van der Waals surface area contributed by atoms with Crippen LogP contribution in [0.3, 0.4) is 0 Å². The van der Waals surface area contributed by atoms with Crippen molar-refractivity contribution in [2.75, 3.05) is 6.61 Å². The molecule has 150 valence electrons. The molecule has 0 atom stereocenters. The standard InChI is InChI=1S/C21H22N4O3S/c1-2-13-28-18-10-6-4-8-16(18)20(27)22-21(29)24-23-19(26)14-25-12-11-15-7-3-5-9-17(15)25/h3-12H,2,13-14H2,1H3,(H,23,26)(H2,22,24,27,29). The van der Waals surface area contributed by atoms with Gasteiger partial charge in [-0.05, 0) is 48.3 Å². The van der Waals surface area contributed by atoms with Gasteiger partial charge in [-0.3, -0.25) is 25.8 Å². The number of para-hydroxylation sites is 2. The van der Waals surface area contributed by atoms with E-state index in [4.69, 9.17) is 17.0 Å². The molecule has 29 heavy (non-hydrogen) atoms. The van der Waals surface area contributed by atoms with E-state index in [9.17, 15) is 9.59 Å². The van der Waals surface area contributed by atoms with Crippen LogP contribution < -0.4 is 20.9 Å². The minimum atomic E-state index is -0.417. The van der Waals surface area contributed by atoms with Gasteiger partial charge in [0.1, 0.15) is 12.3 Å². The van der Waals surface area contributed by atoms with Crippen molar-refractivity contribution in [1.82, 2.24) is 20.7 Å². The quantitative estimate of drug-likeness (QED) is 0.430. The molecule has 7 nitrogen and oxygen atoms in total. The average molecular weight is 410 g/mol. The summed E-state index contributed by atoms with van der Waals surface area (Å²) in [7, 11) is 0. The van der Waals surface area contributed by atoms with Crippen LogP contribution in [0.25, 0.3) is 10.9 Å². The highest BCUT2D eigenvalue weighted by Gasteiger charge is 2.14. The van der Waals surface area contributed by atoms with Gasteiger partial charge in [-0.1, -0.05) is 37.3 Å². The van der Waals surface area contributed by atoms with E-state index in [1.807, 2.05) is 48.0 Å². The normalized spacial score (nSPS) is 10.4. The van der Waals surface area contributed by atoms with Crippen LogP contribution in [0.1, 0.15) is 23.7 Å². The molecule has 1 heterocycles. The number of aromatic nitrogens is 1. The third-order valence-electron chi connectivity index (χ3n) is 4.13. The minimum Gasteiger partial charge on any atom is -0.493 e. The number of fused-ring (bicyclic) bond motifs is 1. The molecule has 0 saturated carbocycles. The lowest BCUT2D eigenvalue weighted by molar-refractivity contribution is -0.122. The van der Waals surface area contributed by atoms with Gasteiger partial charge in [-0.25, -0.2) is 0 Å². The van der Waals surface area contributed by atoms with Crippen LogP contribution in [0.4, 0.5) is 0 Å². The monoisotopic (exact) mass is 410 g/mol. The second-order valence-electron chi connectivity index (χ2n) is 6.30. The summed E-state index contributed by atoms with van der Waals surface area (Å²) in [6.45, 7) is 2.61. The molecule has 0 aliphatic heterocycles. The lowest BCUT2D eigenvalue weighted by atomic mass is 10.2. The van der Waals surface area contributed by atoms with Crippen molar-refractivity contribution < 1.29 is 14.3 Å². The van der Waals surface area contributed by atoms with Gasteiger partial charge in [-0.2, -0.15) is 0 Å². The maximum absolute atomic E-state index is 12.5. The van der Waals surface area contributed by atoms with Gasteiger partial charge < -0.3 is 9.30 Å². The molecule has 0 aliphatic carbocycles. The lowest BCUT2D eigenvalue weighted by Gasteiger charge is -2.13. The van der Waals surface area contributed by atoms with Gasteiger partial charge in [0, 0.05) is 11.7 Å². The zero-order chi connectivity index (χ0) is 20.6. The maximum Gasteiger partial charge on any atom is 0.261 e. The Morgan fingerprint density at radius 1 is 1.03 bits per heavy atom. The second-order valence-corrected chi connectivity index (χ2v) is 6.71. The smallest absolute Gasteiger partial charge is 0.261 e. The van der Waals surface area contributed by atoms with Crippen LogP contribution in [0, 0.1) is 0 Å². The van der Waals surface area contributed by atoms with Crippen LogP contribution in [0.2, 0.25) is 0 Å². The van der Waals surface area contributed by atoms with Gasteiger partial charge in [0.05, 0.1) is 12.2 Å². The predicted octanol–water partition coefficient (Wildman–Crippen LogP) is 2.77. The number of nitrogens with zero attached hydrogens (tertiary/aromatic N) is 1. The maximum atomic E-state index is 12.5. The number of ether oxygens (including phenoxy) is 1. The number of hydrogen-bond donors (Lipinski definition) is 3. The average Bonchev–Trinajstić information content (AvgIpc) is 3.14. The first kappa shape index (κ1) is 20.3. The zero-order valence-electron chi connectivity index (χ0n) is 16.0. The highest BCUT2D eigenvalue weighted by molar-refractivity contribution is 7.80. The van der Waals surface area contributed by atoms with Crippen molar-refractivity contribution in [2.24, 2.45) is 0 Å². The molecule has 0 bridgehead atoms. The molecule has 0 radical (unpaired) electrons. The topological polar surface area (TPSA) is 84.4 Å². The molecular formula is C21H22N4O3S. The third kappa shape index (κ3) is 5.32. The molecule has 8 heteroatoms. The Hall–Kier alpha value is -3.39. The van der Waals surface area contributed by atoms with Crippen molar-refractivity contribution >= 4 is 40.0 Å². The third-order valence-corrected chi connectivity index (χ3v) is 4.33. The summed E-state index contributed by atoms with van der Waals surface area (Å²) in [5, 5.41) is 3.58. The highest BCUT2D eigenvalue weighted by Crippen LogP contribution is 2.18. The van der Waals surface area contributed by atoms with Crippen molar-refractivity contribution in [2.45, 2.75) is 19.9 Å². The molecule has 0 spiro atoms. The predicted molar refractivity (Wildman–Crippen MR) is 116 cm³/mol. The Morgan fingerprint density at radius 2 is 1.79 bits per heavy atom. The molecule has 3 aromatic rings. The Kier molecular flexibility index (Phi) is 6.80. The summed E-state index contributed by atoms with van der Waals surface area (Å²) in [6.07, 6.45) is 2.68. The van der Waals surface area contributed by atoms with E-state index >= 15 is 0 Å². The summed E-state index contributed by atoms with van der Waals surface area (Å²) in [5.74, 6) is -0.229. The van der Waals surface area contributed by atoms with Crippen molar-refractivity contribution in [3.8, 4) is 5.75 Å². The van der Waals surface area contributed by atoms with E-state index in [1.54, 1.807) is 24.3 Å². The van der Waals surface area contributed by atoms with Crippen LogP contribution in [0.15, 0.2) is 60.8 Å². The molecule has 0 fully saturated rings. The van der Waals surface area contributed by atoms with Gasteiger partial charge in [-0.15, -0.1) is 0 Å². The van der Waals surface area contributed by atoms with Gasteiger partial charge in [0.15, 0.2) is 5.11 Å². The van der Waals surface area contributed by atoms with E-state index < -0.39 is 5.91 Å². The highest BCUT2D eigenvalue weighted by atomic mass is 32.1. The molecule has 0 aliphatic rings. The first-order valence-corrected chi connectivity index (χ1v) is 9.65. The number of carbonyl (C=O) groups is 2. The summed E-state index contributed by atoms with van der Waals surface area (Å²) >= 11 is 5.10. The number of hydrazine groups is 1. The number of thiocarbonyl (C=S) groups is 1. The second kappa shape index (κ2) is 9.70. The van der Waals surface area contributed by atoms with Crippen molar-refractivity contribution in [3.05, 3.63) is 66.4 Å². The zero-order valence-corrected chi connectivity index (χ0v) is 16.8. The van der Waals surface area contributed by atoms with Gasteiger partial charge in [0.25, 0.3) is 11.8 Å². The molecular weight excluding hydrogens is 388 g/mol. The summed E-state index contributed by atoms with van der Waals surface area (Å²) in [5.41, 5.74) is 6.38. The number of nitrogens with one attached hydrogen (secondary N) is 3. The van der Waals surface area contributed by atoms with Gasteiger partial charge in [0.2, 0.25) is 0 Å². The van der Waals surface area contributed by atoms with E-state index in [-0.39, 0.29) is 17.6 Å². The van der Waals surface area contributed by atoms with E-state index in [1.165, 1.54) is 0 Å². The summed E-state index contributed by atoms with van der Waals surface area (Å²) in [6, 6.07) is 16.6. The van der Waals surface area contributed by atoms with Gasteiger partial charge >= 0.3 is 0 Å². The van der Waals surface area contributed by atoms with Crippen molar-refractivity contribution in [1.29, 1.82) is 0 Å². The van der Waals surface area contributed by atoms with Crippen LogP contribution in [-0.2, 0) is 11.3 Å². The SMILES string of the molecule is CCCOc1ccccc1C(=O)NC(=S)NNC(=O)Cn1ccc2ccccc21. The number of rotatable bonds is 6. The van der Waals surface area contributed by atoms with Crippen LogP contribution in [0.5, 0.6) is 5.75 Å². The molecule has 2 amide bonds. The molecule has 2 aromatic carbocycles. The molecule has 0 saturated heterocycles.